The number of rotatable bonds is 7. The molecule has 0 radical (unpaired) electrons. The number of ether oxygens (including phenoxy) is 1. The topological polar surface area (TPSA) is 75.7 Å². The van der Waals surface area contributed by atoms with Crippen LogP contribution in [-0.2, 0) is 10.0 Å². The Hall–Kier alpha value is -3.32. The van der Waals surface area contributed by atoms with E-state index in [1.54, 1.807) is 48.5 Å². The quantitative estimate of drug-likeness (QED) is 0.635. The number of sulfonamides is 1. The molecule has 0 saturated heterocycles. The second-order valence-corrected chi connectivity index (χ2v) is 8.21. The highest BCUT2D eigenvalue weighted by atomic mass is 32.2. The molecule has 0 aliphatic heterocycles. The van der Waals surface area contributed by atoms with Crippen LogP contribution < -0.4 is 14.4 Å². The lowest BCUT2D eigenvalue weighted by Gasteiger charge is -2.19. The molecule has 3 aromatic rings. The van der Waals surface area contributed by atoms with Gasteiger partial charge >= 0.3 is 0 Å². The Bertz CT molecular complexity index is 1060. The van der Waals surface area contributed by atoms with E-state index >= 15 is 0 Å². The van der Waals surface area contributed by atoms with Gasteiger partial charge in [-0.1, -0.05) is 18.2 Å². The molecular formula is C22H22N2O4S. The molecular weight excluding hydrogens is 388 g/mol. The Morgan fingerprint density at radius 3 is 2.14 bits per heavy atom. The molecule has 0 spiro atoms. The van der Waals surface area contributed by atoms with Crippen molar-refractivity contribution in [3.63, 3.8) is 0 Å². The van der Waals surface area contributed by atoms with E-state index in [-0.39, 0.29) is 10.8 Å². The molecule has 1 N–H and O–H groups in total. The minimum absolute atomic E-state index is 0.112. The first-order valence-corrected chi connectivity index (χ1v) is 10.5. The first kappa shape index (κ1) is 20.4. The number of nitrogens with zero attached hydrogens (tertiary/aromatic N) is 1. The molecule has 150 valence electrons. The van der Waals surface area contributed by atoms with Crippen LogP contribution >= 0.6 is 0 Å². The smallest absolute Gasteiger partial charge is 0.264 e. The summed E-state index contributed by atoms with van der Waals surface area (Å²) in [6.45, 7) is 2.47. The van der Waals surface area contributed by atoms with Crippen LogP contribution in [-0.4, -0.2) is 28.0 Å². The molecule has 0 bridgehead atoms. The van der Waals surface area contributed by atoms with Gasteiger partial charge in [0.1, 0.15) is 5.75 Å². The number of carbonyl (C=O) groups is 1. The van der Waals surface area contributed by atoms with Gasteiger partial charge in [-0.3, -0.25) is 9.10 Å². The number of anilines is 2. The van der Waals surface area contributed by atoms with Crippen molar-refractivity contribution in [1.82, 2.24) is 0 Å². The molecule has 0 aliphatic carbocycles. The van der Waals surface area contributed by atoms with E-state index in [1.165, 1.54) is 35.6 Å². The molecule has 0 saturated carbocycles. The summed E-state index contributed by atoms with van der Waals surface area (Å²) in [7, 11) is -2.22. The van der Waals surface area contributed by atoms with Gasteiger partial charge in [-0.25, -0.2) is 8.42 Å². The van der Waals surface area contributed by atoms with Gasteiger partial charge in [0.2, 0.25) is 0 Å². The molecule has 6 nitrogen and oxygen atoms in total. The van der Waals surface area contributed by atoms with E-state index in [9.17, 15) is 13.2 Å². The van der Waals surface area contributed by atoms with Gasteiger partial charge in [-0.05, 0) is 67.6 Å². The Balaban J connectivity index is 1.73. The molecule has 0 aliphatic rings. The highest BCUT2D eigenvalue weighted by molar-refractivity contribution is 7.92. The van der Waals surface area contributed by atoms with E-state index in [4.69, 9.17) is 4.74 Å². The predicted molar refractivity (Wildman–Crippen MR) is 114 cm³/mol. The Morgan fingerprint density at radius 1 is 0.931 bits per heavy atom. The Kier molecular flexibility index (Phi) is 6.19. The van der Waals surface area contributed by atoms with Crippen LogP contribution in [0.1, 0.15) is 17.3 Å². The van der Waals surface area contributed by atoms with Crippen molar-refractivity contribution in [2.45, 2.75) is 11.8 Å². The normalized spacial score (nSPS) is 11.0. The maximum atomic E-state index is 12.8. The predicted octanol–water partition coefficient (Wildman–Crippen LogP) is 4.16. The average Bonchev–Trinajstić information content (AvgIpc) is 2.75. The molecule has 29 heavy (non-hydrogen) atoms. The standard InChI is InChI=1S/C22H22N2O4S/c1-3-28-20-13-11-18(12-14-20)23-22(25)17-9-15-21(16-10-17)29(26,27)24(2)19-7-5-4-6-8-19/h4-16H,3H2,1-2H3,(H,23,25). The maximum Gasteiger partial charge on any atom is 0.264 e. The monoisotopic (exact) mass is 410 g/mol. The van der Waals surface area contributed by atoms with E-state index in [0.29, 0.717) is 23.5 Å². The third-order valence-corrected chi connectivity index (χ3v) is 6.12. The van der Waals surface area contributed by atoms with Gasteiger partial charge in [0.15, 0.2) is 0 Å². The zero-order valence-corrected chi connectivity index (χ0v) is 17.0. The number of hydrogen-bond acceptors (Lipinski definition) is 4. The summed E-state index contributed by atoms with van der Waals surface area (Å²) in [5.41, 5.74) is 1.55. The third-order valence-electron chi connectivity index (χ3n) is 4.32. The SMILES string of the molecule is CCOc1ccc(NC(=O)c2ccc(S(=O)(=O)N(C)c3ccccc3)cc2)cc1. The number of nitrogens with one attached hydrogen (secondary N) is 1. The van der Waals surface area contributed by atoms with Crippen LogP contribution in [0.25, 0.3) is 0 Å². The minimum Gasteiger partial charge on any atom is -0.494 e. The molecule has 0 aromatic heterocycles. The zero-order valence-electron chi connectivity index (χ0n) is 16.2. The van der Waals surface area contributed by atoms with Crippen LogP contribution in [0.2, 0.25) is 0 Å². The second-order valence-electron chi connectivity index (χ2n) is 6.24. The van der Waals surface area contributed by atoms with Gasteiger partial charge in [0, 0.05) is 18.3 Å². The van der Waals surface area contributed by atoms with Crippen LogP contribution in [0.3, 0.4) is 0 Å². The summed E-state index contributed by atoms with van der Waals surface area (Å²) in [6, 6.07) is 21.7. The molecule has 7 heteroatoms. The van der Waals surface area contributed by atoms with Crippen molar-refractivity contribution >= 4 is 27.3 Å². The lowest BCUT2D eigenvalue weighted by molar-refractivity contribution is 0.102. The van der Waals surface area contributed by atoms with E-state index in [1.807, 2.05) is 13.0 Å². The summed E-state index contributed by atoms with van der Waals surface area (Å²) in [6.07, 6.45) is 0. The summed E-state index contributed by atoms with van der Waals surface area (Å²) in [5, 5.41) is 2.78. The van der Waals surface area contributed by atoms with E-state index in [0.717, 1.165) is 5.75 Å². The maximum absolute atomic E-state index is 12.8. The van der Waals surface area contributed by atoms with Crippen molar-refractivity contribution in [3.05, 3.63) is 84.4 Å². The number of para-hydroxylation sites is 1. The molecule has 0 fully saturated rings. The van der Waals surface area contributed by atoms with E-state index in [2.05, 4.69) is 5.32 Å². The Morgan fingerprint density at radius 2 is 1.55 bits per heavy atom. The molecule has 3 aromatic carbocycles. The van der Waals surface area contributed by atoms with Gasteiger partial charge in [0.25, 0.3) is 15.9 Å². The molecule has 3 rings (SSSR count). The fourth-order valence-corrected chi connectivity index (χ4v) is 3.91. The van der Waals surface area contributed by atoms with Gasteiger partial charge in [-0.15, -0.1) is 0 Å². The minimum atomic E-state index is -3.72. The van der Waals surface area contributed by atoms with E-state index < -0.39 is 10.0 Å². The fraction of sp³-hybridized carbons (Fsp3) is 0.136. The highest BCUT2D eigenvalue weighted by Gasteiger charge is 2.21. The first-order valence-electron chi connectivity index (χ1n) is 9.10. The highest BCUT2D eigenvalue weighted by Crippen LogP contribution is 2.22. The van der Waals surface area contributed by atoms with Crippen LogP contribution in [0, 0.1) is 0 Å². The summed E-state index contributed by atoms with van der Waals surface area (Å²) in [4.78, 5) is 12.6. The van der Waals surface area contributed by atoms with Crippen molar-refractivity contribution in [1.29, 1.82) is 0 Å². The van der Waals surface area contributed by atoms with Crippen molar-refractivity contribution < 1.29 is 17.9 Å². The van der Waals surface area contributed by atoms with Gasteiger partial charge < -0.3 is 10.1 Å². The number of carbonyl (C=O) groups excluding carboxylic acids is 1. The zero-order chi connectivity index (χ0) is 20.9. The summed E-state index contributed by atoms with van der Waals surface area (Å²) in [5.74, 6) is 0.400. The number of amides is 1. The Labute approximate surface area is 170 Å². The van der Waals surface area contributed by atoms with Crippen molar-refractivity contribution in [3.8, 4) is 5.75 Å². The summed E-state index contributed by atoms with van der Waals surface area (Å²) >= 11 is 0. The third kappa shape index (κ3) is 4.75. The lowest BCUT2D eigenvalue weighted by atomic mass is 10.2. The summed E-state index contributed by atoms with van der Waals surface area (Å²) < 4.78 is 32.2. The number of benzene rings is 3. The van der Waals surface area contributed by atoms with Crippen molar-refractivity contribution in [2.75, 3.05) is 23.3 Å². The first-order chi connectivity index (χ1) is 13.9. The van der Waals surface area contributed by atoms with Crippen LogP contribution in [0.5, 0.6) is 5.75 Å². The lowest BCUT2D eigenvalue weighted by Crippen LogP contribution is -2.26. The molecule has 0 heterocycles. The molecule has 0 unspecified atom stereocenters. The van der Waals surface area contributed by atoms with Gasteiger partial charge in [0.05, 0.1) is 17.2 Å². The molecule has 1 amide bonds. The average molecular weight is 410 g/mol. The second kappa shape index (κ2) is 8.79. The number of hydrogen-bond donors (Lipinski definition) is 1. The molecule has 0 atom stereocenters. The van der Waals surface area contributed by atoms with Crippen molar-refractivity contribution in [2.24, 2.45) is 0 Å². The largest absolute Gasteiger partial charge is 0.494 e. The van der Waals surface area contributed by atoms with Crippen LogP contribution in [0.15, 0.2) is 83.8 Å². The van der Waals surface area contributed by atoms with Gasteiger partial charge in [-0.2, -0.15) is 0 Å². The fourth-order valence-electron chi connectivity index (χ4n) is 2.72. The van der Waals surface area contributed by atoms with Crippen LogP contribution in [0.4, 0.5) is 11.4 Å².